The van der Waals surface area contributed by atoms with Crippen molar-refractivity contribution in [1.82, 2.24) is 15.0 Å². The highest BCUT2D eigenvalue weighted by atomic mass is 32.2. The molecular formula is C14H14N3O6PS. The first-order valence-electron chi connectivity index (χ1n) is 6.96. The Morgan fingerprint density at radius 2 is 2.08 bits per heavy atom. The molecule has 0 spiro atoms. The van der Waals surface area contributed by atoms with Gasteiger partial charge in [0.25, 0.3) is 5.56 Å². The second kappa shape index (κ2) is 6.93. The van der Waals surface area contributed by atoms with E-state index in [1.165, 1.54) is 25.2 Å². The second-order valence-electron chi connectivity index (χ2n) is 4.94. The zero-order valence-electron chi connectivity index (χ0n) is 12.9. The monoisotopic (exact) mass is 383 g/mol. The van der Waals surface area contributed by atoms with Gasteiger partial charge in [-0.05, 0) is 12.1 Å². The highest BCUT2D eigenvalue weighted by Crippen LogP contribution is 2.44. The minimum atomic E-state index is -4.35. The summed E-state index contributed by atoms with van der Waals surface area (Å²) >= 11 is 1.23. The summed E-state index contributed by atoms with van der Waals surface area (Å²) < 4.78 is 21.6. The average molecular weight is 383 g/mol. The summed E-state index contributed by atoms with van der Waals surface area (Å²) in [6.07, 6.45) is 2.16. The van der Waals surface area contributed by atoms with Crippen LogP contribution in [0.15, 0.2) is 45.3 Å². The lowest BCUT2D eigenvalue weighted by molar-refractivity contribution is 0.284. The molecule has 132 valence electrons. The minimum absolute atomic E-state index is 0.206. The van der Waals surface area contributed by atoms with E-state index in [1.807, 2.05) is 0 Å². The number of para-hydroxylation sites is 1. The van der Waals surface area contributed by atoms with E-state index in [9.17, 15) is 9.36 Å². The Labute approximate surface area is 145 Å². The zero-order valence-corrected chi connectivity index (χ0v) is 14.6. The molecule has 1 aromatic carbocycles. The number of hydrogen-bond acceptors (Lipinski definition) is 6. The van der Waals surface area contributed by atoms with Gasteiger partial charge in [0, 0.05) is 6.20 Å². The van der Waals surface area contributed by atoms with E-state index in [0.29, 0.717) is 26.6 Å². The molecule has 0 bridgehead atoms. The van der Waals surface area contributed by atoms with Crippen LogP contribution in [0, 0.1) is 0 Å². The molecule has 0 aliphatic carbocycles. The lowest BCUT2D eigenvalue weighted by Gasteiger charge is -2.14. The molecule has 0 unspecified atom stereocenters. The van der Waals surface area contributed by atoms with E-state index in [0.717, 1.165) is 0 Å². The van der Waals surface area contributed by atoms with E-state index >= 15 is 0 Å². The number of nitrogens with one attached hydrogen (secondary N) is 2. The number of aromatic amines is 2. The van der Waals surface area contributed by atoms with Crippen LogP contribution in [0.4, 0.5) is 0 Å². The third-order valence-electron chi connectivity index (χ3n) is 3.19. The summed E-state index contributed by atoms with van der Waals surface area (Å²) in [6.45, 7) is 0. The predicted molar refractivity (Wildman–Crippen MR) is 91.4 cm³/mol. The number of H-pyrrole nitrogens is 2. The molecular weight excluding hydrogens is 369 g/mol. The van der Waals surface area contributed by atoms with Gasteiger partial charge in [0.2, 0.25) is 0 Å². The van der Waals surface area contributed by atoms with Gasteiger partial charge in [0.15, 0.2) is 17.8 Å². The Morgan fingerprint density at radius 3 is 2.80 bits per heavy atom. The second-order valence-corrected chi connectivity index (χ2v) is 7.61. The summed E-state index contributed by atoms with van der Waals surface area (Å²) in [5.74, 6) is 0.543. The fourth-order valence-corrected chi connectivity index (χ4v) is 3.45. The molecule has 2 heterocycles. The molecule has 11 heteroatoms. The molecule has 25 heavy (non-hydrogen) atoms. The van der Waals surface area contributed by atoms with Crippen LogP contribution in [0.5, 0.6) is 11.5 Å². The van der Waals surface area contributed by atoms with Gasteiger partial charge in [-0.3, -0.25) is 9.36 Å². The number of benzene rings is 1. The summed E-state index contributed by atoms with van der Waals surface area (Å²) in [6, 6.07) is 5.06. The van der Waals surface area contributed by atoms with E-state index in [4.69, 9.17) is 19.3 Å². The highest BCUT2D eigenvalue weighted by molar-refractivity contribution is 7.99. The molecule has 0 aliphatic rings. The Kier molecular flexibility index (Phi) is 4.87. The molecule has 0 radical (unpaired) electrons. The molecule has 0 saturated carbocycles. The third-order valence-corrected chi connectivity index (χ3v) is 4.73. The number of fused-ring (bicyclic) bond motifs is 1. The molecule has 0 aliphatic heterocycles. The topological polar surface area (TPSA) is 138 Å². The molecule has 0 atom stereocenters. The van der Waals surface area contributed by atoms with Crippen molar-refractivity contribution in [3.63, 3.8) is 0 Å². The van der Waals surface area contributed by atoms with Crippen LogP contribution in [-0.2, 0) is 4.57 Å². The number of aromatic nitrogens is 3. The lowest BCUT2D eigenvalue weighted by Crippen LogP contribution is -2.05. The number of methoxy groups -OCH3 is 1. The van der Waals surface area contributed by atoms with Gasteiger partial charge in [0.1, 0.15) is 11.0 Å². The van der Waals surface area contributed by atoms with Crippen LogP contribution in [-0.4, -0.2) is 38.2 Å². The average Bonchev–Trinajstić information content (AvgIpc) is 2.97. The first-order valence-corrected chi connectivity index (χ1v) is 9.57. The van der Waals surface area contributed by atoms with Gasteiger partial charge in [0.05, 0.1) is 23.2 Å². The van der Waals surface area contributed by atoms with E-state index in [2.05, 4.69) is 15.0 Å². The maximum atomic E-state index is 11.8. The van der Waals surface area contributed by atoms with Crippen molar-refractivity contribution in [2.24, 2.45) is 0 Å². The van der Waals surface area contributed by atoms with Gasteiger partial charge in [-0.1, -0.05) is 17.8 Å². The van der Waals surface area contributed by atoms with Gasteiger partial charge in [-0.2, -0.15) is 0 Å². The van der Waals surface area contributed by atoms with Crippen molar-refractivity contribution >= 4 is 30.4 Å². The van der Waals surface area contributed by atoms with Crippen molar-refractivity contribution in [3.8, 4) is 11.5 Å². The fraction of sp³-hybridized carbons (Fsp3) is 0.143. The minimum Gasteiger partial charge on any atom is -0.493 e. The molecule has 4 N–H and O–H groups in total. The molecule has 0 saturated heterocycles. The summed E-state index contributed by atoms with van der Waals surface area (Å²) in [5.41, 5.74) is 0.531. The van der Waals surface area contributed by atoms with E-state index in [1.54, 1.807) is 24.4 Å². The van der Waals surface area contributed by atoms with Crippen molar-refractivity contribution in [2.45, 2.75) is 9.79 Å². The highest BCUT2D eigenvalue weighted by Gasteiger charge is 2.20. The summed E-state index contributed by atoms with van der Waals surface area (Å²) in [5, 5.41) is 0. The van der Waals surface area contributed by atoms with Gasteiger partial charge in [-0.15, -0.1) is 0 Å². The Balaban J connectivity index is 2.00. The van der Waals surface area contributed by atoms with Crippen LogP contribution in [0.2, 0.25) is 0 Å². The number of hydrogen-bond donors (Lipinski definition) is 4. The lowest BCUT2D eigenvalue weighted by atomic mass is 10.3. The van der Waals surface area contributed by atoms with Gasteiger partial charge in [-0.25, -0.2) is 4.98 Å². The van der Waals surface area contributed by atoms with Gasteiger partial charge < -0.3 is 29.2 Å². The molecule has 0 fully saturated rings. The van der Waals surface area contributed by atoms with Crippen LogP contribution < -0.4 is 15.0 Å². The Morgan fingerprint density at radius 1 is 1.28 bits per heavy atom. The quantitative estimate of drug-likeness (QED) is 0.474. The maximum Gasteiger partial charge on any atom is 0.362 e. The third kappa shape index (κ3) is 3.88. The number of nitrogens with zero attached hydrogens (tertiary/aromatic N) is 1. The first kappa shape index (κ1) is 17.6. The first-order chi connectivity index (χ1) is 11.9. The molecule has 0 amide bonds. The zero-order chi connectivity index (χ0) is 18.0. The van der Waals surface area contributed by atoms with E-state index < -0.39 is 13.9 Å². The van der Waals surface area contributed by atoms with Crippen molar-refractivity contribution < 1.29 is 23.8 Å². The van der Waals surface area contributed by atoms with Crippen LogP contribution >= 0.6 is 19.4 Å². The van der Waals surface area contributed by atoms with Crippen LogP contribution in [0.25, 0.3) is 11.0 Å². The molecule has 2 aromatic heterocycles. The predicted octanol–water partition coefficient (Wildman–Crippen LogP) is 1.92. The fourth-order valence-electron chi connectivity index (χ4n) is 2.15. The van der Waals surface area contributed by atoms with Crippen molar-refractivity contribution in [2.75, 3.05) is 13.5 Å². The van der Waals surface area contributed by atoms with Gasteiger partial charge >= 0.3 is 7.60 Å². The molecule has 3 aromatic rings. The summed E-state index contributed by atoms with van der Waals surface area (Å²) in [4.78, 5) is 40.6. The largest absolute Gasteiger partial charge is 0.493 e. The Bertz CT molecular complexity index is 1010. The van der Waals surface area contributed by atoms with Crippen molar-refractivity contribution in [1.29, 1.82) is 0 Å². The smallest absolute Gasteiger partial charge is 0.362 e. The number of rotatable bonds is 6. The maximum absolute atomic E-state index is 11.8. The SMILES string of the molecule is COc1cccc(Sc2c[nH]c3c(=O)[nH]cnc23)c1OCP(=O)(O)O. The molecule has 9 nitrogen and oxygen atoms in total. The van der Waals surface area contributed by atoms with Crippen LogP contribution in [0.1, 0.15) is 0 Å². The standard InChI is InChI=1S/C14H14N3O6PS/c1-22-8-3-2-4-9(13(8)23-7-24(19,20)21)25-10-5-15-12-11(10)16-6-17-14(12)18/h2-6,15H,7H2,1H3,(H,16,17,18)(H2,19,20,21). The van der Waals surface area contributed by atoms with Crippen molar-refractivity contribution in [3.05, 3.63) is 41.1 Å². The molecule has 3 rings (SSSR count). The van der Waals surface area contributed by atoms with Crippen LogP contribution in [0.3, 0.4) is 0 Å². The summed E-state index contributed by atoms with van der Waals surface area (Å²) in [7, 11) is -2.92. The normalized spacial score (nSPS) is 11.6. The number of ether oxygens (including phenoxy) is 2. The Hall–Kier alpha value is -2.26. The van der Waals surface area contributed by atoms with E-state index in [-0.39, 0.29) is 11.3 Å².